The molecule has 64 valence electrons. The molecule has 11 heavy (non-hydrogen) atoms. The first-order chi connectivity index (χ1) is 5.10. The number of hydrogen-bond acceptors (Lipinski definition) is 2. The summed E-state index contributed by atoms with van der Waals surface area (Å²) in [5.74, 6) is -0.673. The second-order valence-electron chi connectivity index (χ2n) is 3.44. The Hall–Kier alpha value is -0.570. The summed E-state index contributed by atoms with van der Waals surface area (Å²) in [6.45, 7) is 1.92. The fourth-order valence-electron chi connectivity index (χ4n) is 1.83. The van der Waals surface area contributed by atoms with Crippen LogP contribution in [0.15, 0.2) is 0 Å². The van der Waals surface area contributed by atoms with Gasteiger partial charge in [-0.25, -0.2) is 0 Å². The summed E-state index contributed by atoms with van der Waals surface area (Å²) in [5.41, 5.74) is 5.16. The maximum atomic E-state index is 10.8. The lowest BCUT2D eigenvalue weighted by atomic mass is 9.83. The molecular weight excluding hydrogens is 142 g/mol. The van der Waals surface area contributed by atoms with Gasteiger partial charge in [0.1, 0.15) is 0 Å². The van der Waals surface area contributed by atoms with Crippen molar-refractivity contribution in [1.29, 1.82) is 0 Å². The third-order valence-corrected chi connectivity index (χ3v) is 2.78. The lowest BCUT2D eigenvalue weighted by molar-refractivity contribution is -0.148. The molecular formula is C8H15NO2. The summed E-state index contributed by atoms with van der Waals surface area (Å²) in [6, 6.07) is 0.103. The van der Waals surface area contributed by atoms with E-state index in [0.717, 1.165) is 12.8 Å². The van der Waals surface area contributed by atoms with Crippen LogP contribution in [0.2, 0.25) is 0 Å². The smallest absolute Gasteiger partial charge is 0.309 e. The van der Waals surface area contributed by atoms with Crippen LogP contribution in [0.1, 0.15) is 32.6 Å². The molecule has 3 heteroatoms. The van der Waals surface area contributed by atoms with E-state index in [1.165, 1.54) is 0 Å². The Bertz CT molecular complexity index is 169. The van der Waals surface area contributed by atoms with Gasteiger partial charge in [0.15, 0.2) is 0 Å². The van der Waals surface area contributed by atoms with Gasteiger partial charge >= 0.3 is 5.97 Å². The van der Waals surface area contributed by atoms with Crippen molar-refractivity contribution in [2.45, 2.75) is 38.6 Å². The molecule has 3 N–H and O–H groups in total. The summed E-state index contributed by atoms with van der Waals surface area (Å²) in [4.78, 5) is 10.8. The van der Waals surface area contributed by atoms with E-state index in [0.29, 0.717) is 12.8 Å². The third-order valence-electron chi connectivity index (χ3n) is 2.78. The molecule has 0 aromatic rings. The lowest BCUT2D eigenvalue weighted by Crippen LogP contribution is -2.29. The van der Waals surface area contributed by atoms with Crippen molar-refractivity contribution in [3.63, 3.8) is 0 Å². The van der Waals surface area contributed by atoms with Crippen molar-refractivity contribution in [2.24, 2.45) is 11.1 Å². The Morgan fingerprint density at radius 1 is 1.82 bits per heavy atom. The fourth-order valence-corrected chi connectivity index (χ4v) is 1.83. The molecule has 0 heterocycles. The quantitative estimate of drug-likeness (QED) is 0.628. The molecule has 2 atom stereocenters. The summed E-state index contributed by atoms with van der Waals surface area (Å²) < 4.78 is 0. The zero-order valence-electron chi connectivity index (χ0n) is 6.84. The zero-order valence-corrected chi connectivity index (χ0v) is 6.84. The normalized spacial score (nSPS) is 37.5. The van der Waals surface area contributed by atoms with Gasteiger partial charge in [0.2, 0.25) is 0 Å². The van der Waals surface area contributed by atoms with Gasteiger partial charge in [-0.15, -0.1) is 0 Å². The highest BCUT2D eigenvalue weighted by Gasteiger charge is 2.42. The Morgan fingerprint density at radius 3 is 2.64 bits per heavy atom. The van der Waals surface area contributed by atoms with Crippen molar-refractivity contribution in [3.8, 4) is 0 Å². The van der Waals surface area contributed by atoms with Crippen LogP contribution < -0.4 is 5.73 Å². The molecule has 0 unspecified atom stereocenters. The average Bonchev–Trinajstić information content (AvgIpc) is 2.33. The molecule has 0 spiro atoms. The first-order valence-corrected chi connectivity index (χ1v) is 4.10. The van der Waals surface area contributed by atoms with Gasteiger partial charge in [0, 0.05) is 6.04 Å². The zero-order chi connectivity index (χ0) is 8.48. The van der Waals surface area contributed by atoms with E-state index in [1.54, 1.807) is 0 Å². The predicted octanol–water partition coefficient (Wildman–Crippen LogP) is 0.979. The molecule has 1 aliphatic carbocycles. The summed E-state index contributed by atoms with van der Waals surface area (Å²) >= 11 is 0. The monoisotopic (exact) mass is 157 g/mol. The van der Waals surface area contributed by atoms with Gasteiger partial charge in [0.05, 0.1) is 5.41 Å². The number of carboxylic acids is 1. The van der Waals surface area contributed by atoms with E-state index in [2.05, 4.69) is 0 Å². The van der Waals surface area contributed by atoms with Crippen molar-refractivity contribution in [1.82, 2.24) is 0 Å². The van der Waals surface area contributed by atoms with E-state index < -0.39 is 11.4 Å². The Labute approximate surface area is 66.6 Å². The molecule has 0 aromatic heterocycles. The predicted molar refractivity (Wildman–Crippen MR) is 42.2 cm³/mol. The maximum Gasteiger partial charge on any atom is 0.309 e. The third kappa shape index (κ3) is 1.38. The van der Waals surface area contributed by atoms with E-state index >= 15 is 0 Å². The molecule has 0 amide bonds. The minimum absolute atomic E-state index is 0.103. The van der Waals surface area contributed by atoms with Crippen molar-refractivity contribution < 1.29 is 9.90 Å². The van der Waals surface area contributed by atoms with Gasteiger partial charge in [-0.2, -0.15) is 0 Å². The summed E-state index contributed by atoms with van der Waals surface area (Å²) in [6.07, 6.45) is 2.97. The lowest BCUT2D eigenvalue weighted by Gasteiger charge is -2.21. The fraction of sp³-hybridized carbons (Fsp3) is 0.875. The summed E-state index contributed by atoms with van der Waals surface area (Å²) in [7, 11) is 0. The minimum atomic E-state index is -0.673. The van der Waals surface area contributed by atoms with Gasteiger partial charge < -0.3 is 10.8 Å². The standard InChI is InChI=1S/C8H15NO2/c1-2-8(7(10)11)4-3-6(9)5-8/h6H,2-5,9H2,1H3,(H,10,11)/t6-,8-/m1/s1. The van der Waals surface area contributed by atoms with Crippen LogP contribution in [0.4, 0.5) is 0 Å². The SMILES string of the molecule is CC[C@@]1(C(=O)O)CC[C@@H](N)C1. The van der Waals surface area contributed by atoms with Crippen LogP contribution in [0.25, 0.3) is 0 Å². The van der Waals surface area contributed by atoms with E-state index in [1.807, 2.05) is 6.92 Å². The Kier molecular flexibility index (Phi) is 2.18. The van der Waals surface area contributed by atoms with Crippen LogP contribution in [0, 0.1) is 5.41 Å². The number of rotatable bonds is 2. The first-order valence-electron chi connectivity index (χ1n) is 4.10. The van der Waals surface area contributed by atoms with E-state index in [-0.39, 0.29) is 6.04 Å². The van der Waals surface area contributed by atoms with Gasteiger partial charge in [0.25, 0.3) is 0 Å². The highest BCUT2D eigenvalue weighted by Crippen LogP contribution is 2.40. The number of aliphatic carboxylic acids is 1. The van der Waals surface area contributed by atoms with Crippen molar-refractivity contribution in [3.05, 3.63) is 0 Å². The van der Waals surface area contributed by atoms with E-state index in [9.17, 15) is 4.79 Å². The molecule has 0 aliphatic heterocycles. The molecule has 1 rings (SSSR count). The van der Waals surface area contributed by atoms with Crippen LogP contribution >= 0.6 is 0 Å². The highest BCUT2D eigenvalue weighted by atomic mass is 16.4. The first kappa shape index (κ1) is 8.53. The van der Waals surface area contributed by atoms with Crippen molar-refractivity contribution >= 4 is 5.97 Å². The number of hydrogen-bond donors (Lipinski definition) is 2. The number of carbonyl (C=O) groups is 1. The highest BCUT2D eigenvalue weighted by molar-refractivity contribution is 5.75. The van der Waals surface area contributed by atoms with Crippen LogP contribution in [0.5, 0.6) is 0 Å². The molecule has 0 aromatic carbocycles. The molecule has 0 bridgehead atoms. The molecule has 0 saturated heterocycles. The van der Waals surface area contributed by atoms with Crippen LogP contribution in [0.3, 0.4) is 0 Å². The second-order valence-corrected chi connectivity index (χ2v) is 3.44. The molecule has 1 fully saturated rings. The van der Waals surface area contributed by atoms with Gasteiger partial charge in [-0.3, -0.25) is 4.79 Å². The van der Waals surface area contributed by atoms with Crippen molar-refractivity contribution in [2.75, 3.05) is 0 Å². The second kappa shape index (κ2) is 2.81. The molecule has 0 radical (unpaired) electrons. The molecule has 1 aliphatic rings. The average molecular weight is 157 g/mol. The summed E-state index contributed by atoms with van der Waals surface area (Å²) in [5, 5.41) is 8.93. The number of nitrogens with two attached hydrogens (primary N) is 1. The van der Waals surface area contributed by atoms with Gasteiger partial charge in [-0.05, 0) is 25.7 Å². The topological polar surface area (TPSA) is 63.3 Å². The van der Waals surface area contributed by atoms with Crippen LogP contribution in [-0.4, -0.2) is 17.1 Å². The van der Waals surface area contributed by atoms with Crippen LogP contribution in [-0.2, 0) is 4.79 Å². The minimum Gasteiger partial charge on any atom is -0.481 e. The molecule has 3 nitrogen and oxygen atoms in total. The Morgan fingerprint density at radius 2 is 2.45 bits per heavy atom. The largest absolute Gasteiger partial charge is 0.481 e. The van der Waals surface area contributed by atoms with E-state index in [4.69, 9.17) is 10.8 Å². The molecule has 1 saturated carbocycles. The maximum absolute atomic E-state index is 10.8. The Balaban J connectivity index is 2.70. The van der Waals surface area contributed by atoms with Gasteiger partial charge in [-0.1, -0.05) is 6.92 Å². The number of carboxylic acid groups (broad SMARTS) is 1.